The van der Waals surface area contributed by atoms with E-state index in [2.05, 4.69) is 34.2 Å². The maximum absolute atomic E-state index is 6.19. The van der Waals surface area contributed by atoms with Crippen LogP contribution in [0, 0.1) is 6.92 Å². The van der Waals surface area contributed by atoms with Crippen LogP contribution in [0.3, 0.4) is 0 Å². The average Bonchev–Trinajstić information content (AvgIpc) is 3.12. The Hall–Kier alpha value is -2.10. The van der Waals surface area contributed by atoms with Gasteiger partial charge in [0.15, 0.2) is 0 Å². The molecule has 0 fully saturated rings. The molecular formula is C22H23Cl2N3. The predicted octanol–water partition coefficient (Wildman–Crippen LogP) is 6.08. The van der Waals surface area contributed by atoms with Crippen molar-refractivity contribution in [2.45, 2.75) is 39.5 Å². The second kappa shape index (κ2) is 8.73. The van der Waals surface area contributed by atoms with Crippen LogP contribution >= 0.6 is 23.2 Å². The van der Waals surface area contributed by atoms with Crippen molar-refractivity contribution in [3.8, 4) is 11.3 Å². The Labute approximate surface area is 170 Å². The first-order valence-electron chi connectivity index (χ1n) is 9.14. The minimum absolute atomic E-state index is 0.476. The smallest absolute Gasteiger partial charge is 0.145 e. The Morgan fingerprint density at radius 2 is 1.67 bits per heavy atom. The Kier molecular flexibility index (Phi) is 6.35. The van der Waals surface area contributed by atoms with Gasteiger partial charge in [-0.05, 0) is 61.9 Å². The van der Waals surface area contributed by atoms with Gasteiger partial charge in [0, 0.05) is 10.6 Å². The molecule has 140 valence electrons. The molecule has 0 atom stereocenters. The Morgan fingerprint density at radius 3 is 2.26 bits per heavy atom. The normalized spacial score (nSPS) is 12.3. The number of anilines is 1. The van der Waals surface area contributed by atoms with E-state index in [-0.39, 0.29) is 0 Å². The monoisotopic (exact) mass is 399 g/mol. The van der Waals surface area contributed by atoms with Gasteiger partial charge >= 0.3 is 0 Å². The van der Waals surface area contributed by atoms with E-state index in [0.717, 1.165) is 29.1 Å². The highest BCUT2D eigenvalue weighted by Crippen LogP contribution is 2.31. The molecule has 5 heteroatoms. The molecule has 0 bridgehead atoms. The molecule has 2 aromatic carbocycles. The molecule has 27 heavy (non-hydrogen) atoms. The topological polar surface area (TPSA) is 51.8 Å². The van der Waals surface area contributed by atoms with Gasteiger partial charge in [0.25, 0.3) is 0 Å². The zero-order valence-electron chi connectivity index (χ0n) is 15.6. The zero-order chi connectivity index (χ0) is 19.4. The molecule has 1 aliphatic carbocycles. The maximum Gasteiger partial charge on any atom is 0.145 e. The van der Waals surface area contributed by atoms with E-state index in [1.54, 1.807) is 23.3 Å². The van der Waals surface area contributed by atoms with Gasteiger partial charge < -0.3 is 5.73 Å². The summed E-state index contributed by atoms with van der Waals surface area (Å²) in [7, 11) is 0. The molecule has 0 unspecified atom stereocenters. The lowest BCUT2D eigenvalue weighted by Gasteiger charge is -2.10. The molecule has 1 heterocycles. The number of fused-ring (bicyclic) bond motifs is 1. The number of halogens is 2. The molecule has 0 saturated heterocycles. The number of hydrogen-bond donors (Lipinski definition) is 1. The highest BCUT2D eigenvalue weighted by molar-refractivity contribution is 6.36. The summed E-state index contributed by atoms with van der Waals surface area (Å²) in [6.07, 6.45) is 4.70. The molecule has 0 radical (unpaired) electrons. The van der Waals surface area contributed by atoms with Crippen molar-refractivity contribution in [3.05, 3.63) is 75.0 Å². The summed E-state index contributed by atoms with van der Waals surface area (Å²) >= 11 is 12.1. The van der Waals surface area contributed by atoms with Crippen LogP contribution in [-0.4, -0.2) is 9.97 Å². The van der Waals surface area contributed by atoms with Crippen LogP contribution in [0.1, 0.15) is 35.9 Å². The van der Waals surface area contributed by atoms with Crippen molar-refractivity contribution >= 4 is 29.0 Å². The summed E-state index contributed by atoms with van der Waals surface area (Å²) in [6.45, 7) is 3.85. The molecule has 0 aliphatic heterocycles. The number of nitrogen functional groups attached to an aromatic ring is 1. The standard InChI is InChI=1S/C13H13Cl2N3.C9H10/c1-3-11-13(16)17-7(2)12(18-11)9-5-4-8(14)6-10(9)15;1-2-5-9-7-3-6-8(9)4-1/h4-6H,3H2,1-2H3,(H2,16,17);1-2,4-5H,3,6-7H2. The molecule has 1 aliphatic rings. The molecule has 0 saturated carbocycles. The lowest BCUT2D eigenvalue weighted by molar-refractivity contribution is 0.912. The van der Waals surface area contributed by atoms with Crippen molar-refractivity contribution in [2.75, 3.05) is 5.73 Å². The third-order valence-electron chi connectivity index (χ3n) is 4.71. The number of benzene rings is 2. The van der Waals surface area contributed by atoms with Crippen molar-refractivity contribution in [2.24, 2.45) is 0 Å². The molecule has 1 aromatic heterocycles. The molecule has 0 amide bonds. The van der Waals surface area contributed by atoms with Crippen LogP contribution in [0.5, 0.6) is 0 Å². The quantitative estimate of drug-likeness (QED) is 0.567. The fourth-order valence-corrected chi connectivity index (χ4v) is 3.78. The lowest BCUT2D eigenvalue weighted by atomic mass is 10.1. The first-order valence-corrected chi connectivity index (χ1v) is 9.90. The first kappa shape index (κ1) is 19.7. The summed E-state index contributed by atoms with van der Waals surface area (Å²) in [5.74, 6) is 0.476. The lowest BCUT2D eigenvalue weighted by Crippen LogP contribution is -2.04. The van der Waals surface area contributed by atoms with Gasteiger partial charge in [-0.2, -0.15) is 0 Å². The van der Waals surface area contributed by atoms with Crippen LogP contribution in [0.2, 0.25) is 10.0 Å². The van der Waals surface area contributed by atoms with Gasteiger partial charge in [0.2, 0.25) is 0 Å². The predicted molar refractivity (Wildman–Crippen MR) is 114 cm³/mol. The van der Waals surface area contributed by atoms with E-state index in [9.17, 15) is 0 Å². The zero-order valence-corrected chi connectivity index (χ0v) is 17.1. The highest BCUT2D eigenvalue weighted by atomic mass is 35.5. The van der Waals surface area contributed by atoms with Crippen molar-refractivity contribution < 1.29 is 0 Å². The average molecular weight is 400 g/mol. The van der Waals surface area contributed by atoms with Crippen LogP contribution in [0.4, 0.5) is 5.82 Å². The summed E-state index contributed by atoms with van der Waals surface area (Å²) in [6, 6.07) is 14.1. The van der Waals surface area contributed by atoms with E-state index in [4.69, 9.17) is 28.9 Å². The van der Waals surface area contributed by atoms with E-state index in [1.165, 1.54) is 19.3 Å². The second-order valence-corrected chi connectivity index (χ2v) is 7.43. The summed E-state index contributed by atoms with van der Waals surface area (Å²) in [5, 5.41) is 1.16. The van der Waals surface area contributed by atoms with Crippen LogP contribution in [0.25, 0.3) is 11.3 Å². The van der Waals surface area contributed by atoms with Gasteiger partial charge in [-0.15, -0.1) is 0 Å². The van der Waals surface area contributed by atoms with E-state index < -0.39 is 0 Å². The minimum atomic E-state index is 0.476. The van der Waals surface area contributed by atoms with Gasteiger partial charge in [0.05, 0.1) is 22.1 Å². The summed E-state index contributed by atoms with van der Waals surface area (Å²) in [4.78, 5) is 8.84. The number of aryl methyl sites for hydroxylation is 4. The number of nitrogens with two attached hydrogens (primary N) is 1. The van der Waals surface area contributed by atoms with Gasteiger partial charge in [0.1, 0.15) is 5.82 Å². The summed E-state index contributed by atoms with van der Waals surface area (Å²) in [5.41, 5.74) is 12.1. The highest BCUT2D eigenvalue weighted by Gasteiger charge is 2.12. The van der Waals surface area contributed by atoms with E-state index in [0.29, 0.717) is 15.9 Å². The maximum atomic E-state index is 6.19. The van der Waals surface area contributed by atoms with Crippen LogP contribution in [-0.2, 0) is 19.3 Å². The van der Waals surface area contributed by atoms with Crippen LogP contribution < -0.4 is 5.73 Å². The molecular weight excluding hydrogens is 377 g/mol. The largest absolute Gasteiger partial charge is 0.382 e. The number of rotatable bonds is 2. The van der Waals surface area contributed by atoms with Gasteiger partial charge in [-0.1, -0.05) is 54.4 Å². The summed E-state index contributed by atoms with van der Waals surface area (Å²) < 4.78 is 0. The van der Waals surface area contributed by atoms with Crippen molar-refractivity contribution in [3.63, 3.8) is 0 Å². The molecule has 2 N–H and O–H groups in total. The van der Waals surface area contributed by atoms with Gasteiger partial charge in [-0.3, -0.25) is 0 Å². The number of nitrogens with zero attached hydrogens (tertiary/aromatic N) is 2. The Balaban J connectivity index is 0.000000193. The first-order chi connectivity index (χ1) is 13.0. The Bertz CT molecular complexity index is 931. The molecule has 4 rings (SSSR count). The third-order valence-corrected chi connectivity index (χ3v) is 5.25. The van der Waals surface area contributed by atoms with Crippen molar-refractivity contribution in [1.29, 1.82) is 0 Å². The minimum Gasteiger partial charge on any atom is -0.382 e. The third kappa shape index (κ3) is 4.60. The second-order valence-electron chi connectivity index (χ2n) is 6.59. The Morgan fingerprint density at radius 1 is 1.00 bits per heavy atom. The number of hydrogen-bond acceptors (Lipinski definition) is 3. The van der Waals surface area contributed by atoms with Gasteiger partial charge in [-0.25, -0.2) is 9.97 Å². The fourth-order valence-electron chi connectivity index (χ4n) is 3.28. The SMILES string of the molecule is CCc1nc(-c2ccc(Cl)cc2Cl)c(C)nc1N.c1ccc2c(c1)CCC2. The van der Waals surface area contributed by atoms with E-state index >= 15 is 0 Å². The number of aromatic nitrogens is 2. The molecule has 0 spiro atoms. The van der Waals surface area contributed by atoms with Crippen molar-refractivity contribution in [1.82, 2.24) is 9.97 Å². The molecule has 3 nitrogen and oxygen atoms in total. The van der Waals surface area contributed by atoms with Crippen LogP contribution in [0.15, 0.2) is 42.5 Å². The molecule has 3 aromatic rings. The fraction of sp³-hybridized carbons (Fsp3) is 0.273. The van der Waals surface area contributed by atoms with E-state index in [1.807, 2.05) is 19.9 Å².